The maximum absolute atomic E-state index is 14.7. The summed E-state index contributed by atoms with van der Waals surface area (Å²) in [6, 6.07) is 4.16. The third-order valence-electron chi connectivity index (χ3n) is 5.62. The number of piperidine rings is 1. The molecule has 0 saturated carbocycles. The molecule has 0 radical (unpaired) electrons. The highest BCUT2D eigenvalue weighted by Crippen LogP contribution is 2.40. The van der Waals surface area contributed by atoms with Crippen molar-refractivity contribution in [1.82, 2.24) is 5.32 Å². The van der Waals surface area contributed by atoms with Crippen LogP contribution >= 0.6 is 0 Å². The van der Waals surface area contributed by atoms with Crippen LogP contribution in [0, 0.1) is 11.2 Å². The SMILES string of the molecule is CC(C)(C)C1(O)CCN(c2ccc(N3CCC(=O)NC3=O)cc2F)CC1. The van der Waals surface area contributed by atoms with Crippen molar-refractivity contribution >= 4 is 23.3 Å². The monoisotopic (exact) mass is 363 g/mol. The molecule has 2 saturated heterocycles. The molecule has 0 aromatic heterocycles. The topological polar surface area (TPSA) is 72.9 Å². The summed E-state index contributed by atoms with van der Waals surface area (Å²) < 4.78 is 14.7. The van der Waals surface area contributed by atoms with Crippen LogP contribution in [0.25, 0.3) is 0 Å². The van der Waals surface area contributed by atoms with Crippen LogP contribution in [0.1, 0.15) is 40.0 Å². The Labute approximate surface area is 153 Å². The zero-order valence-corrected chi connectivity index (χ0v) is 15.5. The Morgan fingerprint density at radius 1 is 1.15 bits per heavy atom. The number of carbonyl (C=O) groups excluding carboxylic acids is 2. The van der Waals surface area contributed by atoms with Crippen LogP contribution in [0.15, 0.2) is 18.2 Å². The molecule has 6 nitrogen and oxygen atoms in total. The fourth-order valence-corrected chi connectivity index (χ4v) is 3.60. The van der Waals surface area contributed by atoms with Crippen LogP contribution in [0.5, 0.6) is 0 Å². The fraction of sp³-hybridized carbons (Fsp3) is 0.579. The fourth-order valence-electron chi connectivity index (χ4n) is 3.60. The van der Waals surface area contributed by atoms with E-state index in [1.165, 1.54) is 11.0 Å². The first-order valence-corrected chi connectivity index (χ1v) is 8.99. The van der Waals surface area contributed by atoms with E-state index < -0.39 is 17.4 Å². The largest absolute Gasteiger partial charge is 0.389 e. The van der Waals surface area contributed by atoms with Gasteiger partial charge in [0, 0.05) is 31.7 Å². The van der Waals surface area contributed by atoms with Crippen molar-refractivity contribution in [2.24, 2.45) is 5.41 Å². The highest BCUT2D eigenvalue weighted by molar-refractivity contribution is 6.05. The quantitative estimate of drug-likeness (QED) is 0.847. The normalized spacial score (nSPS) is 21.0. The van der Waals surface area contributed by atoms with E-state index in [1.54, 1.807) is 12.1 Å². The number of halogens is 1. The number of nitrogens with one attached hydrogen (secondary N) is 1. The van der Waals surface area contributed by atoms with Crippen molar-refractivity contribution in [2.45, 2.75) is 45.6 Å². The molecule has 0 atom stereocenters. The Morgan fingerprint density at radius 2 is 1.81 bits per heavy atom. The Bertz CT molecular complexity index is 721. The minimum Gasteiger partial charge on any atom is -0.389 e. The van der Waals surface area contributed by atoms with Gasteiger partial charge in [-0.3, -0.25) is 15.0 Å². The average Bonchev–Trinajstić information content (AvgIpc) is 2.55. The first-order valence-electron chi connectivity index (χ1n) is 8.99. The summed E-state index contributed by atoms with van der Waals surface area (Å²) in [6.45, 7) is 7.45. The van der Waals surface area contributed by atoms with Gasteiger partial charge >= 0.3 is 6.03 Å². The van der Waals surface area contributed by atoms with Gasteiger partial charge in [-0.25, -0.2) is 9.18 Å². The van der Waals surface area contributed by atoms with E-state index in [2.05, 4.69) is 5.32 Å². The Balaban J connectivity index is 1.73. The summed E-state index contributed by atoms with van der Waals surface area (Å²) in [5.41, 5.74) is -0.0727. The summed E-state index contributed by atoms with van der Waals surface area (Å²) in [5, 5.41) is 13.0. The predicted molar refractivity (Wildman–Crippen MR) is 97.8 cm³/mol. The van der Waals surface area contributed by atoms with Gasteiger partial charge in [0.15, 0.2) is 0 Å². The molecule has 3 rings (SSSR count). The lowest BCUT2D eigenvalue weighted by atomic mass is 9.71. The van der Waals surface area contributed by atoms with Gasteiger partial charge in [0.1, 0.15) is 5.82 Å². The molecular weight excluding hydrogens is 337 g/mol. The molecule has 0 unspecified atom stereocenters. The van der Waals surface area contributed by atoms with Gasteiger partial charge in [-0.15, -0.1) is 0 Å². The van der Waals surface area contributed by atoms with Crippen LogP contribution in [0.3, 0.4) is 0 Å². The molecule has 3 amide bonds. The Hall–Kier alpha value is -2.15. The first-order chi connectivity index (χ1) is 12.1. The molecule has 1 aromatic rings. The van der Waals surface area contributed by atoms with E-state index in [9.17, 15) is 19.1 Å². The van der Waals surface area contributed by atoms with Crippen molar-refractivity contribution in [3.8, 4) is 0 Å². The molecule has 142 valence electrons. The predicted octanol–water partition coefficient (Wildman–Crippen LogP) is 2.65. The molecule has 0 aliphatic carbocycles. The number of benzene rings is 1. The number of carbonyl (C=O) groups is 2. The van der Waals surface area contributed by atoms with Crippen LogP contribution in [0.2, 0.25) is 0 Å². The van der Waals surface area contributed by atoms with E-state index in [0.717, 1.165) is 0 Å². The second-order valence-corrected chi connectivity index (χ2v) is 8.16. The Morgan fingerprint density at radius 3 is 2.35 bits per heavy atom. The number of hydrogen-bond acceptors (Lipinski definition) is 4. The molecule has 2 fully saturated rings. The van der Waals surface area contributed by atoms with Crippen LogP contribution in [0.4, 0.5) is 20.6 Å². The molecular formula is C19H26FN3O3. The van der Waals surface area contributed by atoms with Gasteiger partial charge in [0.2, 0.25) is 5.91 Å². The number of imide groups is 1. The Kier molecular flexibility index (Phi) is 4.69. The minimum absolute atomic E-state index is 0.201. The molecule has 26 heavy (non-hydrogen) atoms. The molecule has 2 aliphatic rings. The summed E-state index contributed by atoms with van der Waals surface area (Å²) >= 11 is 0. The lowest BCUT2D eigenvalue weighted by molar-refractivity contribution is -0.120. The number of aliphatic hydroxyl groups is 1. The number of rotatable bonds is 2. The molecule has 2 aliphatic heterocycles. The van der Waals surface area contributed by atoms with E-state index in [0.29, 0.717) is 37.3 Å². The van der Waals surface area contributed by atoms with Crippen molar-refractivity contribution in [3.05, 3.63) is 24.0 Å². The maximum Gasteiger partial charge on any atom is 0.328 e. The van der Waals surface area contributed by atoms with Gasteiger partial charge in [0.25, 0.3) is 0 Å². The highest BCUT2D eigenvalue weighted by atomic mass is 19.1. The summed E-state index contributed by atoms with van der Waals surface area (Å²) in [7, 11) is 0. The second kappa shape index (κ2) is 6.54. The summed E-state index contributed by atoms with van der Waals surface area (Å²) in [6.07, 6.45) is 1.36. The van der Waals surface area contributed by atoms with E-state index >= 15 is 0 Å². The smallest absolute Gasteiger partial charge is 0.328 e. The van der Waals surface area contributed by atoms with Gasteiger partial charge in [-0.1, -0.05) is 20.8 Å². The lowest BCUT2D eigenvalue weighted by Gasteiger charge is -2.46. The van der Waals surface area contributed by atoms with Crippen LogP contribution in [-0.2, 0) is 4.79 Å². The van der Waals surface area contributed by atoms with Gasteiger partial charge in [-0.2, -0.15) is 0 Å². The van der Waals surface area contributed by atoms with E-state index in [1.807, 2.05) is 25.7 Å². The van der Waals surface area contributed by atoms with Crippen LogP contribution in [-0.4, -0.2) is 42.3 Å². The number of nitrogens with zero attached hydrogens (tertiary/aromatic N) is 2. The summed E-state index contributed by atoms with van der Waals surface area (Å²) in [4.78, 5) is 26.4. The van der Waals surface area contributed by atoms with Crippen molar-refractivity contribution in [2.75, 3.05) is 29.4 Å². The van der Waals surface area contributed by atoms with Gasteiger partial charge in [0.05, 0.1) is 11.3 Å². The lowest BCUT2D eigenvalue weighted by Crippen LogP contribution is -2.52. The van der Waals surface area contributed by atoms with Crippen LogP contribution < -0.4 is 15.1 Å². The van der Waals surface area contributed by atoms with E-state index in [4.69, 9.17) is 0 Å². The second-order valence-electron chi connectivity index (χ2n) is 8.16. The minimum atomic E-state index is -0.752. The highest BCUT2D eigenvalue weighted by Gasteiger charge is 2.42. The number of hydrogen-bond donors (Lipinski definition) is 2. The third kappa shape index (κ3) is 3.40. The van der Waals surface area contributed by atoms with Gasteiger partial charge in [-0.05, 0) is 36.5 Å². The first kappa shape index (κ1) is 18.6. The van der Waals surface area contributed by atoms with E-state index in [-0.39, 0.29) is 24.3 Å². The number of amides is 3. The molecule has 2 N–H and O–H groups in total. The molecule has 2 heterocycles. The zero-order chi connectivity index (χ0) is 19.1. The number of anilines is 2. The summed E-state index contributed by atoms with van der Waals surface area (Å²) in [5.74, 6) is -0.726. The molecule has 0 bridgehead atoms. The molecule has 0 spiro atoms. The third-order valence-corrected chi connectivity index (χ3v) is 5.62. The zero-order valence-electron chi connectivity index (χ0n) is 15.5. The standard InChI is InChI=1S/C19H26FN3O3/c1-18(2,3)19(26)7-10-22(11-8-19)15-5-4-13(12-14(15)20)23-9-6-16(24)21-17(23)25/h4-5,12,26H,6-11H2,1-3H3,(H,21,24,25). The van der Waals surface area contributed by atoms with Crippen molar-refractivity contribution in [1.29, 1.82) is 0 Å². The molecule has 7 heteroatoms. The maximum atomic E-state index is 14.7. The molecule has 1 aromatic carbocycles. The van der Waals surface area contributed by atoms with Gasteiger partial charge < -0.3 is 10.0 Å². The van der Waals surface area contributed by atoms with Crippen molar-refractivity contribution in [3.63, 3.8) is 0 Å². The average molecular weight is 363 g/mol. The van der Waals surface area contributed by atoms with Crippen molar-refractivity contribution < 1.29 is 19.1 Å². The number of urea groups is 1.